The zero-order valence-electron chi connectivity index (χ0n) is 13.7. The molecule has 0 saturated heterocycles. The van der Waals surface area contributed by atoms with Crippen molar-refractivity contribution in [3.8, 4) is 11.5 Å². The minimum Gasteiger partial charge on any atom is -0.454 e. The van der Waals surface area contributed by atoms with Crippen molar-refractivity contribution in [2.45, 2.75) is 0 Å². The van der Waals surface area contributed by atoms with Gasteiger partial charge in [-0.25, -0.2) is 4.79 Å². The normalized spacial score (nSPS) is 12.0. The van der Waals surface area contributed by atoms with Crippen LogP contribution in [0.5, 0.6) is 11.5 Å². The second-order valence-electron chi connectivity index (χ2n) is 5.75. The quantitative estimate of drug-likeness (QED) is 0.731. The summed E-state index contributed by atoms with van der Waals surface area (Å²) < 4.78 is 15.6. The van der Waals surface area contributed by atoms with E-state index in [4.69, 9.17) is 14.2 Å². The second-order valence-corrected chi connectivity index (χ2v) is 5.75. The van der Waals surface area contributed by atoms with E-state index in [9.17, 15) is 9.59 Å². The lowest BCUT2D eigenvalue weighted by molar-refractivity contribution is -0.119. The molecule has 3 aromatic carbocycles. The van der Waals surface area contributed by atoms with E-state index in [1.54, 1.807) is 30.3 Å². The molecule has 1 N–H and O–H groups in total. The van der Waals surface area contributed by atoms with Crippen molar-refractivity contribution in [1.82, 2.24) is 0 Å². The van der Waals surface area contributed by atoms with Gasteiger partial charge in [-0.05, 0) is 35.0 Å². The van der Waals surface area contributed by atoms with Crippen LogP contribution >= 0.6 is 0 Å². The highest BCUT2D eigenvalue weighted by molar-refractivity contribution is 5.98. The van der Waals surface area contributed by atoms with Gasteiger partial charge in [0.15, 0.2) is 18.1 Å². The SMILES string of the molecule is O=C(COC(=O)c1ccc2ccccc2c1)Nc1ccc2c(c1)OCO2. The Morgan fingerprint density at radius 2 is 1.73 bits per heavy atom. The number of hydrogen-bond acceptors (Lipinski definition) is 5. The fraction of sp³-hybridized carbons (Fsp3) is 0.100. The van der Waals surface area contributed by atoms with Gasteiger partial charge in [-0.2, -0.15) is 0 Å². The number of nitrogens with one attached hydrogen (secondary N) is 1. The van der Waals surface area contributed by atoms with Crippen molar-refractivity contribution in [1.29, 1.82) is 0 Å². The molecule has 0 fully saturated rings. The molecule has 1 aliphatic rings. The Morgan fingerprint density at radius 1 is 0.923 bits per heavy atom. The maximum Gasteiger partial charge on any atom is 0.338 e. The summed E-state index contributed by atoms with van der Waals surface area (Å²) in [4.78, 5) is 24.2. The maximum absolute atomic E-state index is 12.2. The van der Waals surface area contributed by atoms with Crippen LogP contribution < -0.4 is 14.8 Å². The lowest BCUT2D eigenvalue weighted by atomic mass is 10.1. The molecule has 0 bridgehead atoms. The summed E-state index contributed by atoms with van der Waals surface area (Å²) in [5.41, 5.74) is 0.945. The van der Waals surface area contributed by atoms with Crippen LogP contribution in [0.25, 0.3) is 10.8 Å². The molecule has 0 radical (unpaired) electrons. The molecule has 6 nitrogen and oxygen atoms in total. The van der Waals surface area contributed by atoms with E-state index >= 15 is 0 Å². The molecule has 26 heavy (non-hydrogen) atoms. The Kier molecular flexibility index (Phi) is 4.15. The van der Waals surface area contributed by atoms with Crippen LogP contribution in [-0.2, 0) is 9.53 Å². The van der Waals surface area contributed by atoms with E-state index in [2.05, 4.69) is 5.32 Å². The molecule has 0 saturated carbocycles. The number of carbonyl (C=O) groups excluding carboxylic acids is 2. The number of rotatable bonds is 4. The van der Waals surface area contributed by atoms with E-state index in [0.29, 0.717) is 22.7 Å². The second kappa shape index (κ2) is 6.76. The van der Waals surface area contributed by atoms with E-state index in [-0.39, 0.29) is 13.4 Å². The highest BCUT2D eigenvalue weighted by Gasteiger charge is 2.15. The van der Waals surface area contributed by atoms with Gasteiger partial charge in [-0.3, -0.25) is 4.79 Å². The topological polar surface area (TPSA) is 73.9 Å². The predicted molar refractivity (Wildman–Crippen MR) is 95.4 cm³/mol. The van der Waals surface area contributed by atoms with Crippen LogP contribution in [-0.4, -0.2) is 25.3 Å². The van der Waals surface area contributed by atoms with Crippen LogP contribution in [0.1, 0.15) is 10.4 Å². The van der Waals surface area contributed by atoms with Crippen LogP contribution in [0.15, 0.2) is 60.7 Å². The minimum absolute atomic E-state index is 0.163. The van der Waals surface area contributed by atoms with Crippen LogP contribution in [0, 0.1) is 0 Å². The fourth-order valence-corrected chi connectivity index (χ4v) is 2.70. The molecule has 3 aromatic rings. The van der Waals surface area contributed by atoms with Gasteiger partial charge < -0.3 is 19.5 Å². The molecular weight excluding hydrogens is 334 g/mol. The van der Waals surface area contributed by atoms with Crippen molar-refractivity contribution >= 4 is 28.3 Å². The monoisotopic (exact) mass is 349 g/mol. The third kappa shape index (κ3) is 3.30. The first kappa shape index (κ1) is 16.0. The molecule has 6 heteroatoms. The van der Waals surface area contributed by atoms with Gasteiger partial charge in [0.05, 0.1) is 5.56 Å². The molecule has 0 spiro atoms. The van der Waals surface area contributed by atoms with Gasteiger partial charge in [-0.15, -0.1) is 0 Å². The molecule has 1 amide bonds. The van der Waals surface area contributed by atoms with Crippen molar-refractivity contribution in [2.75, 3.05) is 18.7 Å². The highest BCUT2D eigenvalue weighted by Crippen LogP contribution is 2.34. The first-order chi connectivity index (χ1) is 12.7. The Labute approximate surface area is 149 Å². The van der Waals surface area contributed by atoms with E-state index < -0.39 is 11.9 Å². The summed E-state index contributed by atoms with van der Waals surface area (Å²) in [7, 11) is 0. The molecule has 130 valence electrons. The number of fused-ring (bicyclic) bond motifs is 2. The minimum atomic E-state index is -0.545. The molecule has 0 aromatic heterocycles. The van der Waals surface area contributed by atoms with Crippen LogP contribution in [0.4, 0.5) is 5.69 Å². The van der Waals surface area contributed by atoms with Crippen molar-refractivity contribution < 1.29 is 23.8 Å². The first-order valence-electron chi connectivity index (χ1n) is 8.04. The third-order valence-corrected chi connectivity index (χ3v) is 3.98. The molecule has 0 atom stereocenters. The number of ether oxygens (including phenoxy) is 3. The van der Waals surface area contributed by atoms with Gasteiger partial charge in [-0.1, -0.05) is 30.3 Å². The lowest BCUT2D eigenvalue weighted by Crippen LogP contribution is -2.20. The average molecular weight is 349 g/mol. The third-order valence-electron chi connectivity index (χ3n) is 3.98. The highest BCUT2D eigenvalue weighted by atomic mass is 16.7. The molecule has 1 heterocycles. The van der Waals surface area contributed by atoms with Gasteiger partial charge in [0.2, 0.25) is 6.79 Å². The van der Waals surface area contributed by atoms with Gasteiger partial charge in [0.25, 0.3) is 5.91 Å². The van der Waals surface area contributed by atoms with Gasteiger partial charge in [0.1, 0.15) is 0 Å². The smallest absolute Gasteiger partial charge is 0.338 e. The molecule has 0 unspecified atom stereocenters. The number of esters is 1. The number of amides is 1. The van der Waals surface area contributed by atoms with Crippen molar-refractivity contribution in [3.05, 3.63) is 66.2 Å². The Balaban J connectivity index is 1.36. The summed E-state index contributed by atoms with van der Waals surface area (Å²) in [6.07, 6.45) is 0. The zero-order chi connectivity index (χ0) is 17.9. The largest absolute Gasteiger partial charge is 0.454 e. The van der Waals surface area contributed by atoms with Crippen LogP contribution in [0.3, 0.4) is 0 Å². The summed E-state index contributed by atoms with van der Waals surface area (Å²) >= 11 is 0. The maximum atomic E-state index is 12.2. The first-order valence-corrected chi connectivity index (χ1v) is 8.04. The van der Waals surface area contributed by atoms with Crippen molar-refractivity contribution in [3.63, 3.8) is 0 Å². The van der Waals surface area contributed by atoms with Gasteiger partial charge in [0, 0.05) is 11.8 Å². The Morgan fingerprint density at radius 3 is 2.62 bits per heavy atom. The summed E-state index contributed by atoms with van der Waals surface area (Å²) in [6, 6.07) is 18.0. The van der Waals surface area contributed by atoms with E-state index in [1.807, 2.05) is 30.3 Å². The molecule has 1 aliphatic heterocycles. The predicted octanol–water partition coefficient (Wildman–Crippen LogP) is 3.36. The molecule has 0 aliphatic carbocycles. The molecule has 4 rings (SSSR count). The summed E-state index contributed by atoms with van der Waals surface area (Å²) in [6.45, 7) is -0.212. The summed E-state index contributed by atoms with van der Waals surface area (Å²) in [5.74, 6) is 0.219. The zero-order valence-corrected chi connectivity index (χ0v) is 13.7. The number of hydrogen-bond donors (Lipinski definition) is 1. The Bertz CT molecular complexity index is 998. The lowest BCUT2D eigenvalue weighted by Gasteiger charge is -2.08. The van der Waals surface area contributed by atoms with Gasteiger partial charge >= 0.3 is 5.97 Å². The number of benzene rings is 3. The number of carbonyl (C=O) groups is 2. The summed E-state index contributed by atoms with van der Waals surface area (Å²) in [5, 5.41) is 4.63. The Hall–Kier alpha value is -3.54. The average Bonchev–Trinajstić information content (AvgIpc) is 3.13. The standard InChI is InChI=1S/C20H15NO5/c22-19(21-16-7-8-17-18(10-16)26-12-25-17)11-24-20(23)15-6-5-13-3-1-2-4-14(13)9-15/h1-10H,11-12H2,(H,21,22). The van der Waals surface area contributed by atoms with Crippen LogP contribution in [0.2, 0.25) is 0 Å². The van der Waals surface area contributed by atoms with E-state index in [0.717, 1.165) is 10.8 Å². The fourth-order valence-electron chi connectivity index (χ4n) is 2.70. The molecular formula is C20H15NO5. The van der Waals surface area contributed by atoms with Crippen molar-refractivity contribution in [2.24, 2.45) is 0 Å². The number of anilines is 1. The van der Waals surface area contributed by atoms with E-state index in [1.165, 1.54) is 0 Å².